The number of rotatable bonds is 9. The Kier molecular flexibility index (Phi) is 9.85. The normalized spacial score (nSPS) is 31.9. The first kappa shape index (κ1) is 19.8. The molecule has 0 N–H and O–H groups in total. The Morgan fingerprint density at radius 1 is 0.667 bits per heavy atom. The minimum atomic E-state index is 0.903. The van der Waals surface area contributed by atoms with Crippen molar-refractivity contribution >= 4 is 0 Å². The van der Waals surface area contributed by atoms with Crippen LogP contribution >= 0.6 is 0 Å². The van der Waals surface area contributed by atoms with Crippen molar-refractivity contribution in [1.82, 2.24) is 0 Å². The van der Waals surface area contributed by atoms with Crippen LogP contribution in [0.5, 0.6) is 0 Å². The van der Waals surface area contributed by atoms with Gasteiger partial charge in [-0.05, 0) is 82.0 Å². The van der Waals surface area contributed by atoms with Gasteiger partial charge in [0.1, 0.15) is 0 Å². The summed E-state index contributed by atoms with van der Waals surface area (Å²) in [5.74, 6) is 3.99. The van der Waals surface area contributed by atoms with Gasteiger partial charge < -0.3 is 0 Å². The van der Waals surface area contributed by atoms with Crippen molar-refractivity contribution in [3.05, 3.63) is 24.3 Å². The minimum absolute atomic E-state index is 0.903. The molecule has 0 radical (unpaired) electrons. The van der Waals surface area contributed by atoms with Crippen LogP contribution in [0.25, 0.3) is 0 Å². The fourth-order valence-electron chi connectivity index (χ4n) is 5.01. The molecular formula is C24H42. The molecule has 2 fully saturated rings. The van der Waals surface area contributed by atoms with E-state index in [2.05, 4.69) is 38.2 Å². The second-order valence-corrected chi connectivity index (χ2v) is 8.61. The van der Waals surface area contributed by atoms with Crippen LogP contribution in [-0.2, 0) is 0 Å². The summed E-state index contributed by atoms with van der Waals surface area (Å²) in [6.07, 6.45) is 29.9. The Morgan fingerprint density at radius 3 is 1.71 bits per heavy atom. The molecule has 0 saturated heterocycles. The lowest BCUT2D eigenvalue weighted by Crippen LogP contribution is -2.14. The molecule has 0 aromatic carbocycles. The van der Waals surface area contributed by atoms with Crippen LogP contribution < -0.4 is 0 Å². The lowest BCUT2D eigenvalue weighted by atomic mass is 9.78. The van der Waals surface area contributed by atoms with Crippen LogP contribution in [0.1, 0.15) is 104 Å². The summed E-state index contributed by atoms with van der Waals surface area (Å²) in [6.45, 7) is 4.48. The zero-order chi connectivity index (χ0) is 17.0. The molecule has 0 amide bonds. The lowest BCUT2D eigenvalue weighted by Gasteiger charge is -2.28. The Morgan fingerprint density at radius 2 is 1.17 bits per heavy atom. The van der Waals surface area contributed by atoms with E-state index in [1.807, 2.05) is 0 Å². The third-order valence-corrected chi connectivity index (χ3v) is 6.68. The predicted molar refractivity (Wildman–Crippen MR) is 108 cm³/mol. The van der Waals surface area contributed by atoms with Crippen LogP contribution in [0.4, 0.5) is 0 Å². The van der Waals surface area contributed by atoms with Crippen LogP contribution in [0.15, 0.2) is 24.3 Å². The molecule has 24 heavy (non-hydrogen) atoms. The molecule has 0 bridgehead atoms. The molecule has 138 valence electrons. The van der Waals surface area contributed by atoms with Crippen molar-refractivity contribution in [2.24, 2.45) is 23.7 Å². The highest BCUT2D eigenvalue weighted by Gasteiger charge is 2.20. The van der Waals surface area contributed by atoms with Crippen molar-refractivity contribution in [3.63, 3.8) is 0 Å². The molecule has 0 aromatic rings. The van der Waals surface area contributed by atoms with Gasteiger partial charge in [0.25, 0.3) is 0 Å². The smallest absolute Gasteiger partial charge is 0.0233 e. The third-order valence-electron chi connectivity index (χ3n) is 6.68. The first-order valence-electron chi connectivity index (χ1n) is 11.1. The maximum absolute atomic E-state index is 2.57. The minimum Gasteiger partial charge on any atom is -0.0917 e. The molecule has 0 heterocycles. The summed E-state index contributed by atoms with van der Waals surface area (Å²) in [5, 5.41) is 0. The van der Waals surface area contributed by atoms with E-state index in [1.54, 1.807) is 0 Å². The van der Waals surface area contributed by atoms with Crippen LogP contribution in [0.2, 0.25) is 0 Å². The summed E-state index contributed by atoms with van der Waals surface area (Å²) in [7, 11) is 0. The van der Waals surface area contributed by atoms with E-state index in [-0.39, 0.29) is 0 Å². The van der Waals surface area contributed by atoms with E-state index in [0.717, 1.165) is 23.7 Å². The highest BCUT2D eigenvalue weighted by atomic mass is 14.3. The quantitative estimate of drug-likeness (QED) is 0.375. The highest BCUT2D eigenvalue weighted by Crippen LogP contribution is 2.35. The van der Waals surface area contributed by atoms with E-state index >= 15 is 0 Å². The Bertz CT molecular complexity index is 348. The van der Waals surface area contributed by atoms with Gasteiger partial charge in [-0.2, -0.15) is 0 Å². The van der Waals surface area contributed by atoms with Gasteiger partial charge in [-0.1, -0.05) is 69.8 Å². The zero-order valence-corrected chi connectivity index (χ0v) is 16.5. The standard InChI is InChI=1S/C24H42/c1-3-5-6-10-22-17-19-24(20-18-22)12-8-7-11-23-15-13-21(9-4-2)14-16-23/h3,5,7,11,21-24H,4,6,8-10,12-20H2,1-2H3. The van der Waals surface area contributed by atoms with Gasteiger partial charge in [0.15, 0.2) is 0 Å². The van der Waals surface area contributed by atoms with Gasteiger partial charge in [-0.25, -0.2) is 0 Å². The Labute approximate surface area is 152 Å². The molecule has 0 spiro atoms. The number of hydrogen-bond acceptors (Lipinski definition) is 0. The van der Waals surface area contributed by atoms with Gasteiger partial charge in [0.2, 0.25) is 0 Å². The Balaban J connectivity index is 1.52. The van der Waals surface area contributed by atoms with E-state index < -0.39 is 0 Å². The molecular weight excluding hydrogens is 288 g/mol. The van der Waals surface area contributed by atoms with E-state index in [0.29, 0.717) is 0 Å². The second-order valence-electron chi connectivity index (χ2n) is 8.61. The molecule has 2 aliphatic rings. The highest BCUT2D eigenvalue weighted by molar-refractivity contribution is 4.91. The van der Waals surface area contributed by atoms with Crippen LogP contribution in [0, 0.1) is 23.7 Å². The average Bonchev–Trinajstić information content (AvgIpc) is 2.62. The molecule has 2 rings (SSSR count). The van der Waals surface area contributed by atoms with E-state index in [4.69, 9.17) is 0 Å². The summed E-state index contributed by atoms with van der Waals surface area (Å²) < 4.78 is 0. The van der Waals surface area contributed by atoms with Gasteiger partial charge in [-0.3, -0.25) is 0 Å². The predicted octanol–water partition coefficient (Wildman–Crippen LogP) is 8.09. The van der Waals surface area contributed by atoms with E-state index in [9.17, 15) is 0 Å². The fourth-order valence-corrected chi connectivity index (χ4v) is 5.01. The topological polar surface area (TPSA) is 0 Å². The largest absolute Gasteiger partial charge is 0.0917 e. The van der Waals surface area contributed by atoms with E-state index in [1.165, 1.54) is 89.9 Å². The molecule has 0 atom stereocenters. The summed E-state index contributed by atoms with van der Waals surface area (Å²) in [4.78, 5) is 0. The molecule has 0 aliphatic heterocycles. The van der Waals surface area contributed by atoms with Crippen molar-refractivity contribution in [2.45, 2.75) is 104 Å². The van der Waals surface area contributed by atoms with Crippen molar-refractivity contribution in [1.29, 1.82) is 0 Å². The molecule has 0 nitrogen and oxygen atoms in total. The maximum Gasteiger partial charge on any atom is -0.0233 e. The molecule has 0 heteroatoms. The van der Waals surface area contributed by atoms with Crippen LogP contribution in [0.3, 0.4) is 0 Å². The number of allylic oxidation sites excluding steroid dienone is 4. The summed E-state index contributed by atoms with van der Waals surface area (Å²) in [6, 6.07) is 0. The van der Waals surface area contributed by atoms with Crippen molar-refractivity contribution in [2.75, 3.05) is 0 Å². The molecule has 2 saturated carbocycles. The fraction of sp³-hybridized carbons (Fsp3) is 0.833. The second kappa shape index (κ2) is 11.9. The number of hydrogen-bond donors (Lipinski definition) is 0. The molecule has 2 aliphatic carbocycles. The molecule has 0 aromatic heterocycles. The summed E-state index contributed by atoms with van der Waals surface area (Å²) >= 11 is 0. The monoisotopic (exact) mass is 330 g/mol. The van der Waals surface area contributed by atoms with Gasteiger partial charge in [-0.15, -0.1) is 0 Å². The lowest BCUT2D eigenvalue weighted by molar-refractivity contribution is 0.255. The van der Waals surface area contributed by atoms with Gasteiger partial charge >= 0.3 is 0 Å². The first-order valence-corrected chi connectivity index (χ1v) is 11.1. The first-order chi connectivity index (χ1) is 11.8. The van der Waals surface area contributed by atoms with Gasteiger partial charge in [0.05, 0.1) is 0 Å². The summed E-state index contributed by atoms with van der Waals surface area (Å²) in [5.41, 5.74) is 0. The van der Waals surface area contributed by atoms with Crippen molar-refractivity contribution in [3.8, 4) is 0 Å². The van der Waals surface area contributed by atoms with Crippen LogP contribution in [-0.4, -0.2) is 0 Å². The molecule has 0 unspecified atom stereocenters. The average molecular weight is 331 g/mol. The zero-order valence-electron chi connectivity index (χ0n) is 16.5. The SMILES string of the molecule is CC=CCCC1CCC(CCC=CC2CCC(CCC)CC2)CC1. The maximum atomic E-state index is 2.57. The van der Waals surface area contributed by atoms with Gasteiger partial charge in [0, 0.05) is 0 Å². The van der Waals surface area contributed by atoms with Crippen molar-refractivity contribution < 1.29 is 0 Å². The third kappa shape index (κ3) is 7.58. The Hall–Kier alpha value is -0.520.